The maximum atomic E-state index is 11.1. The van der Waals surface area contributed by atoms with Crippen LogP contribution in [0.4, 0.5) is 5.69 Å². The molecule has 0 saturated heterocycles. The number of aryl methyl sites for hydroxylation is 1. The fourth-order valence-electron chi connectivity index (χ4n) is 1.80. The molecule has 1 aromatic heterocycles. The zero-order valence-corrected chi connectivity index (χ0v) is 12.0. The van der Waals surface area contributed by atoms with Crippen LogP contribution >= 0.6 is 11.3 Å². The minimum Gasteiger partial charge on any atom is -0.325 e. The van der Waals surface area contributed by atoms with Crippen LogP contribution in [-0.4, -0.2) is 5.91 Å². The van der Waals surface area contributed by atoms with Crippen molar-refractivity contribution in [1.29, 1.82) is 0 Å². The van der Waals surface area contributed by atoms with E-state index in [1.54, 1.807) is 11.3 Å². The third kappa shape index (κ3) is 4.19. The zero-order valence-electron chi connectivity index (χ0n) is 11.2. The van der Waals surface area contributed by atoms with Crippen molar-refractivity contribution in [2.75, 3.05) is 5.32 Å². The SMILES string of the molecule is CC(=O)Nc1ccsc1CNCc1ccc(C)cc1. The van der Waals surface area contributed by atoms with Gasteiger partial charge in [-0.3, -0.25) is 4.79 Å². The number of carbonyl (C=O) groups excluding carboxylic acids is 1. The fraction of sp³-hybridized carbons (Fsp3) is 0.267. The second-order valence-corrected chi connectivity index (χ2v) is 5.53. The van der Waals surface area contributed by atoms with E-state index >= 15 is 0 Å². The molecule has 0 aliphatic rings. The summed E-state index contributed by atoms with van der Waals surface area (Å²) in [5, 5.41) is 8.23. The lowest BCUT2D eigenvalue weighted by molar-refractivity contribution is -0.114. The summed E-state index contributed by atoms with van der Waals surface area (Å²) in [5.41, 5.74) is 3.45. The van der Waals surface area contributed by atoms with Gasteiger partial charge in [-0.1, -0.05) is 29.8 Å². The van der Waals surface area contributed by atoms with Gasteiger partial charge in [0.15, 0.2) is 0 Å². The van der Waals surface area contributed by atoms with Crippen molar-refractivity contribution >= 4 is 22.9 Å². The molecule has 1 aromatic carbocycles. The lowest BCUT2D eigenvalue weighted by Gasteiger charge is -2.07. The Bertz CT molecular complexity index is 546. The van der Waals surface area contributed by atoms with Gasteiger partial charge in [0.2, 0.25) is 5.91 Å². The van der Waals surface area contributed by atoms with Gasteiger partial charge in [-0.05, 0) is 23.9 Å². The van der Waals surface area contributed by atoms with Gasteiger partial charge in [-0.2, -0.15) is 0 Å². The van der Waals surface area contributed by atoms with Crippen LogP contribution in [0.15, 0.2) is 35.7 Å². The van der Waals surface area contributed by atoms with E-state index in [0.717, 1.165) is 23.7 Å². The molecular formula is C15H18N2OS. The molecule has 1 amide bonds. The Morgan fingerprint density at radius 1 is 1.16 bits per heavy atom. The van der Waals surface area contributed by atoms with Gasteiger partial charge in [0.25, 0.3) is 0 Å². The smallest absolute Gasteiger partial charge is 0.221 e. The van der Waals surface area contributed by atoms with Crippen LogP contribution in [0.1, 0.15) is 22.9 Å². The van der Waals surface area contributed by atoms with E-state index in [9.17, 15) is 4.79 Å². The quantitative estimate of drug-likeness (QED) is 0.878. The summed E-state index contributed by atoms with van der Waals surface area (Å²) in [6.07, 6.45) is 0. The number of rotatable bonds is 5. The summed E-state index contributed by atoms with van der Waals surface area (Å²) < 4.78 is 0. The standard InChI is InChI=1S/C15H18N2OS/c1-11-3-5-13(6-4-11)9-16-10-15-14(7-8-19-15)17-12(2)18/h3-8,16H,9-10H2,1-2H3,(H,17,18). The summed E-state index contributed by atoms with van der Waals surface area (Å²) in [4.78, 5) is 12.2. The second-order valence-electron chi connectivity index (χ2n) is 4.53. The van der Waals surface area contributed by atoms with E-state index in [2.05, 4.69) is 41.8 Å². The first-order valence-electron chi connectivity index (χ1n) is 6.25. The van der Waals surface area contributed by atoms with Crippen LogP contribution in [0.25, 0.3) is 0 Å². The Kier molecular flexibility index (Phi) is 4.71. The van der Waals surface area contributed by atoms with Crippen LogP contribution in [-0.2, 0) is 17.9 Å². The van der Waals surface area contributed by atoms with Crippen LogP contribution in [0.5, 0.6) is 0 Å². The van der Waals surface area contributed by atoms with E-state index in [4.69, 9.17) is 0 Å². The second kappa shape index (κ2) is 6.50. The summed E-state index contributed by atoms with van der Waals surface area (Å²) in [7, 11) is 0. The van der Waals surface area contributed by atoms with Crippen LogP contribution in [0.3, 0.4) is 0 Å². The molecule has 2 aromatic rings. The number of amides is 1. The van der Waals surface area contributed by atoms with Gasteiger partial charge in [-0.25, -0.2) is 0 Å². The minimum absolute atomic E-state index is 0.0295. The largest absolute Gasteiger partial charge is 0.325 e. The highest BCUT2D eigenvalue weighted by molar-refractivity contribution is 7.10. The van der Waals surface area contributed by atoms with Gasteiger partial charge in [-0.15, -0.1) is 11.3 Å². The van der Waals surface area contributed by atoms with Crippen molar-refractivity contribution in [2.45, 2.75) is 26.9 Å². The molecular weight excluding hydrogens is 256 g/mol. The van der Waals surface area contributed by atoms with Gasteiger partial charge in [0.1, 0.15) is 0 Å². The number of carbonyl (C=O) groups is 1. The topological polar surface area (TPSA) is 41.1 Å². The monoisotopic (exact) mass is 274 g/mol. The van der Waals surface area contributed by atoms with E-state index in [1.807, 2.05) is 11.4 Å². The fourth-order valence-corrected chi connectivity index (χ4v) is 2.60. The highest BCUT2D eigenvalue weighted by Gasteiger charge is 2.05. The zero-order chi connectivity index (χ0) is 13.7. The first-order chi connectivity index (χ1) is 9.15. The first-order valence-corrected chi connectivity index (χ1v) is 7.13. The molecule has 0 spiro atoms. The maximum Gasteiger partial charge on any atom is 0.221 e. The van der Waals surface area contributed by atoms with Crippen molar-refractivity contribution in [1.82, 2.24) is 5.32 Å². The van der Waals surface area contributed by atoms with Crippen molar-refractivity contribution in [3.05, 3.63) is 51.7 Å². The Labute approximate surface area is 117 Å². The Morgan fingerprint density at radius 2 is 1.89 bits per heavy atom. The average Bonchev–Trinajstić information content (AvgIpc) is 2.78. The Hall–Kier alpha value is -1.65. The lowest BCUT2D eigenvalue weighted by Crippen LogP contribution is -2.14. The van der Waals surface area contributed by atoms with Crippen molar-refractivity contribution in [2.24, 2.45) is 0 Å². The predicted molar refractivity (Wildman–Crippen MR) is 80.3 cm³/mol. The molecule has 1 heterocycles. The molecule has 0 atom stereocenters. The first kappa shape index (κ1) is 13.8. The molecule has 0 radical (unpaired) electrons. The summed E-state index contributed by atoms with van der Waals surface area (Å²) in [5.74, 6) is -0.0295. The molecule has 0 bridgehead atoms. The van der Waals surface area contributed by atoms with Gasteiger partial charge in [0, 0.05) is 24.9 Å². The van der Waals surface area contributed by atoms with Gasteiger partial charge in [0.05, 0.1) is 5.69 Å². The molecule has 0 fully saturated rings. The van der Waals surface area contributed by atoms with Crippen molar-refractivity contribution < 1.29 is 4.79 Å². The number of anilines is 1. The average molecular weight is 274 g/mol. The molecule has 2 rings (SSSR count). The van der Waals surface area contributed by atoms with E-state index < -0.39 is 0 Å². The van der Waals surface area contributed by atoms with Crippen LogP contribution < -0.4 is 10.6 Å². The highest BCUT2D eigenvalue weighted by atomic mass is 32.1. The third-order valence-electron chi connectivity index (χ3n) is 2.79. The molecule has 0 aliphatic heterocycles. The Morgan fingerprint density at radius 3 is 2.58 bits per heavy atom. The summed E-state index contributed by atoms with van der Waals surface area (Å²) in [6, 6.07) is 10.4. The minimum atomic E-state index is -0.0295. The van der Waals surface area contributed by atoms with Crippen molar-refractivity contribution in [3.63, 3.8) is 0 Å². The van der Waals surface area contributed by atoms with E-state index in [0.29, 0.717) is 0 Å². The van der Waals surface area contributed by atoms with Crippen LogP contribution in [0.2, 0.25) is 0 Å². The van der Waals surface area contributed by atoms with Crippen molar-refractivity contribution in [3.8, 4) is 0 Å². The number of hydrogen-bond donors (Lipinski definition) is 2. The molecule has 100 valence electrons. The predicted octanol–water partition coefficient (Wildman–Crippen LogP) is 3.30. The number of hydrogen-bond acceptors (Lipinski definition) is 3. The number of thiophene rings is 1. The summed E-state index contributed by atoms with van der Waals surface area (Å²) in [6.45, 7) is 5.21. The third-order valence-corrected chi connectivity index (χ3v) is 3.71. The normalized spacial score (nSPS) is 10.4. The van der Waals surface area contributed by atoms with Gasteiger partial charge >= 0.3 is 0 Å². The molecule has 2 N–H and O–H groups in total. The lowest BCUT2D eigenvalue weighted by atomic mass is 10.1. The van der Waals surface area contributed by atoms with Gasteiger partial charge < -0.3 is 10.6 Å². The molecule has 19 heavy (non-hydrogen) atoms. The van der Waals surface area contributed by atoms with E-state index in [1.165, 1.54) is 18.1 Å². The molecule has 3 nitrogen and oxygen atoms in total. The Balaban J connectivity index is 1.87. The maximum absolute atomic E-state index is 11.1. The summed E-state index contributed by atoms with van der Waals surface area (Å²) >= 11 is 1.65. The highest BCUT2D eigenvalue weighted by Crippen LogP contribution is 2.22. The van der Waals surface area contributed by atoms with E-state index in [-0.39, 0.29) is 5.91 Å². The van der Waals surface area contributed by atoms with Crippen LogP contribution in [0, 0.1) is 6.92 Å². The molecule has 4 heteroatoms. The number of benzene rings is 1. The number of nitrogens with one attached hydrogen (secondary N) is 2. The molecule has 0 aliphatic carbocycles. The molecule has 0 unspecified atom stereocenters. The molecule has 0 saturated carbocycles.